The first-order chi connectivity index (χ1) is 9.66. The molecule has 0 saturated heterocycles. The van der Waals surface area contributed by atoms with Gasteiger partial charge in [-0.2, -0.15) is 0 Å². The van der Waals surface area contributed by atoms with E-state index in [1.54, 1.807) is 10.9 Å². The molecule has 0 aliphatic rings. The number of benzene rings is 1. The average Bonchev–Trinajstić information content (AvgIpc) is 2.82. The van der Waals surface area contributed by atoms with Gasteiger partial charge in [0.05, 0.1) is 11.8 Å². The summed E-state index contributed by atoms with van der Waals surface area (Å²) >= 11 is 1.46. The van der Waals surface area contributed by atoms with E-state index in [1.165, 1.54) is 11.3 Å². The summed E-state index contributed by atoms with van der Waals surface area (Å²) in [6, 6.07) is 7.73. The molecule has 102 valence electrons. The number of anilines is 1. The van der Waals surface area contributed by atoms with Crippen LogP contribution >= 0.6 is 11.3 Å². The van der Waals surface area contributed by atoms with Crippen molar-refractivity contribution in [2.24, 2.45) is 0 Å². The van der Waals surface area contributed by atoms with Crippen LogP contribution < -0.4 is 11.3 Å². The molecular weight excluding hydrogens is 270 g/mol. The van der Waals surface area contributed by atoms with E-state index in [9.17, 15) is 4.79 Å². The molecule has 0 aliphatic heterocycles. The molecule has 2 N–H and O–H groups in total. The van der Waals surface area contributed by atoms with E-state index in [1.807, 2.05) is 36.6 Å². The molecule has 0 unspecified atom stereocenters. The van der Waals surface area contributed by atoms with Crippen molar-refractivity contribution in [3.8, 4) is 0 Å². The van der Waals surface area contributed by atoms with Crippen LogP contribution in [0.4, 0.5) is 5.69 Å². The van der Waals surface area contributed by atoms with Crippen molar-refractivity contribution >= 4 is 27.2 Å². The number of aryl methyl sites for hydroxylation is 3. The first-order valence-corrected chi connectivity index (χ1v) is 7.31. The molecule has 0 aliphatic carbocycles. The predicted molar refractivity (Wildman–Crippen MR) is 83.2 cm³/mol. The number of aromatic nitrogens is 2. The lowest BCUT2D eigenvalue weighted by Gasteiger charge is -2.07. The number of nitrogen functional groups attached to an aromatic ring is 1. The van der Waals surface area contributed by atoms with E-state index in [0.717, 1.165) is 33.5 Å². The molecule has 20 heavy (non-hydrogen) atoms. The first kappa shape index (κ1) is 12.9. The van der Waals surface area contributed by atoms with Crippen molar-refractivity contribution in [3.05, 3.63) is 57.5 Å². The van der Waals surface area contributed by atoms with Gasteiger partial charge in [-0.1, -0.05) is 18.2 Å². The summed E-state index contributed by atoms with van der Waals surface area (Å²) < 4.78 is 2.39. The van der Waals surface area contributed by atoms with Gasteiger partial charge in [-0.25, -0.2) is 4.98 Å². The normalized spacial score (nSPS) is 11.1. The maximum absolute atomic E-state index is 12.4. The van der Waals surface area contributed by atoms with Gasteiger partial charge in [0.2, 0.25) is 0 Å². The number of nitrogens with zero attached hydrogens (tertiary/aromatic N) is 2. The Labute approximate surface area is 120 Å². The number of thiophene rings is 1. The van der Waals surface area contributed by atoms with E-state index < -0.39 is 0 Å². The Kier molecular flexibility index (Phi) is 3.28. The maximum atomic E-state index is 12.4. The number of para-hydroxylation sites is 1. The second-order valence-electron chi connectivity index (χ2n) is 4.79. The third-order valence-corrected chi connectivity index (χ3v) is 4.48. The maximum Gasteiger partial charge on any atom is 0.271 e. The van der Waals surface area contributed by atoms with Gasteiger partial charge in [-0.3, -0.25) is 9.36 Å². The molecule has 2 heterocycles. The summed E-state index contributed by atoms with van der Waals surface area (Å²) in [6.45, 7) is 2.56. The Morgan fingerprint density at radius 1 is 1.35 bits per heavy atom. The minimum atomic E-state index is 0.0302. The Bertz CT molecular complexity index is 819. The van der Waals surface area contributed by atoms with Gasteiger partial charge in [0.15, 0.2) is 0 Å². The number of hydrogen-bond acceptors (Lipinski definition) is 4. The van der Waals surface area contributed by atoms with Crippen LogP contribution in [0.15, 0.2) is 40.8 Å². The molecule has 0 amide bonds. The van der Waals surface area contributed by atoms with Crippen LogP contribution in [0.2, 0.25) is 0 Å². The first-order valence-electron chi connectivity index (χ1n) is 6.43. The van der Waals surface area contributed by atoms with E-state index in [4.69, 9.17) is 5.73 Å². The van der Waals surface area contributed by atoms with Crippen LogP contribution in [-0.4, -0.2) is 9.55 Å². The lowest BCUT2D eigenvalue weighted by Crippen LogP contribution is -2.21. The van der Waals surface area contributed by atoms with Crippen LogP contribution in [0.25, 0.3) is 10.2 Å². The highest BCUT2D eigenvalue weighted by atomic mass is 32.1. The van der Waals surface area contributed by atoms with Crippen molar-refractivity contribution in [3.63, 3.8) is 0 Å². The van der Waals surface area contributed by atoms with Crippen LogP contribution in [-0.2, 0) is 13.0 Å². The molecule has 5 heteroatoms. The fourth-order valence-corrected chi connectivity index (χ4v) is 3.17. The monoisotopic (exact) mass is 285 g/mol. The van der Waals surface area contributed by atoms with Gasteiger partial charge >= 0.3 is 0 Å². The predicted octanol–water partition coefficient (Wildman–Crippen LogP) is 2.59. The lowest BCUT2D eigenvalue weighted by molar-refractivity contribution is 0.664. The van der Waals surface area contributed by atoms with Gasteiger partial charge in [0.25, 0.3) is 5.56 Å². The second-order valence-corrected chi connectivity index (χ2v) is 5.67. The molecular formula is C15H15N3OS. The molecule has 0 spiro atoms. The fourth-order valence-electron chi connectivity index (χ4n) is 2.22. The van der Waals surface area contributed by atoms with E-state index in [0.29, 0.717) is 6.54 Å². The van der Waals surface area contributed by atoms with Gasteiger partial charge < -0.3 is 5.73 Å². The smallest absolute Gasteiger partial charge is 0.271 e. The Balaban J connectivity index is 1.90. The van der Waals surface area contributed by atoms with Gasteiger partial charge in [-0.15, -0.1) is 11.3 Å². The van der Waals surface area contributed by atoms with E-state index in [-0.39, 0.29) is 5.56 Å². The number of hydrogen-bond donors (Lipinski definition) is 1. The third-order valence-electron chi connectivity index (χ3n) is 3.40. The topological polar surface area (TPSA) is 60.9 Å². The SMILES string of the molecule is Cc1csc2c(=O)n(CCc3ccccc3N)cnc12. The highest BCUT2D eigenvalue weighted by molar-refractivity contribution is 7.17. The standard InChI is InChI=1S/C15H15N3OS/c1-10-8-20-14-13(10)17-9-18(15(14)19)7-6-11-4-2-3-5-12(11)16/h2-5,8-9H,6-7,16H2,1H3. The van der Waals surface area contributed by atoms with Crippen molar-refractivity contribution in [2.45, 2.75) is 19.9 Å². The van der Waals surface area contributed by atoms with Crippen molar-refractivity contribution < 1.29 is 0 Å². The Morgan fingerprint density at radius 2 is 2.15 bits per heavy atom. The minimum absolute atomic E-state index is 0.0302. The minimum Gasteiger partial charge on any atom is -0.399 e. The van der Waals surface area contributed by atoms with Crippen LogP contribution in [0.1, 0.15) is 11.1 Å². The molecule has 3 aromatic rings. The largest absolute Gasteiger partial charge is 0.399 e. The third kappa shape index (κ3) is 2.20. The highest BCUT2D eigenvalue weighted by Gasteiger charge is 2.08. The average molecular weight is 285 g/mol. The molecule has 0 bridgehead atoms. The van der Waals surface area contributed by atoms with E-state index in [2.05, 4.69) is 4.98 Å². The molecule has 4 nitrogen and oxygen atoms in total. The number of nitrogens with two attached hydrogens (primary N) is 1. The van der Waals surface area contributed by atoms with E-state index >= 15 is 0 Å². The summed E-state index contributed by atoms with van der Waals surface area (Å²) in [7, 11) is 0. The second kappa shape index (κ2) is 5.09. The molecule has 3 rings (SSSR count). The molecule has 0 radical (unpaired) electrons. The van der Waals surface area contributed by atoms with Gasteiger partial charge in [-0.05, 0) is 35.9 Å². The highest BCUT2D eigenvalue weighted by Crippen LogP contribution is 2.19. The summed E-state index contributed by atoms with van der Waals surface area (Å²) in [4.78, 5) is 16.7. The molecule has 2 aromatic heterocycles. The fraction of sp³-hybridized carbons (Fsp3) is 0.200. The Morgan fingerprint density at radius 3 is 2.95 bits per heavy atom. The number of rotatable bonds is 3. The summed E-state index contributed by atoms with van der Waals surface area (Å²) in [5.74, 6) is 0. The zero-order chi connectivity index (χ0) is 14.1. The quantitative estimate of drug-likeness (QED) is 0.752. The van der Waals surface area contributed by atoms with Crippen LogP contribution in [0, 0.1) is 6.92 Å². The molecule has 0 saturated carbocycles. The molecule has 0 atom stereocenters. The Hall–Kier alpha value is -2.14. The van der Waals surface area contributed by atoms with Crippen LogP contribution in [0.5, 0.6) is 0 Å². The molecule has 1 aromatic carbocycles. The van der Waals surface area contributed by atoms with Crippen molar-refractivity contribution in [1.82, 2.24) is 9.55 Å². The van der Waals surface area contributed by atoms with Crippen molar-refractivity contribution in [1.29, 1.82) is 0 Å². The summed E-state index contributed by atoms with van der Waals surface area (Å²) in [6.07, 6.45) is 2.35. The summed E-state index contributed by atoms with van der Waals surface area (Å²) in [5, 5.41) is 1.97. The zero-order valence-electron chi connectivity index (χ0n) is 11.2. The lowest BCUT2D eigenvalue weighted by atomic mass is 10.1. The zero-order valence-corrected chi connectivity index (χ0v) is 12.0. The van der Waals surface area contributed by atoms with Gasteiger partial charge in [0.1, 0.15) is 4.70 Å². The summed E-state index contributed by atoms with van der Waals surface area (Å²) in [5.41, 5.74) is 9.64. The van der Waals surface area contributed by atoms with Gasteiger partial charge in [0, 0.05) is 12.2 Å². The number of fused-ring (bicyclic) bond motifs is 1. The molecule has 0 fully saturated rings. The van der Waals surface area contributed by atoms with Crippen LogP contribution in [0.3, 0.4) is 0 Å². The van der Waals surface area contributed by atoms with Crippen molar-refractivity contribution in [2.75, 3.05) is 5.73 Å².